The monoisotopic (exact) mass is 542 g/mol. The largest absolute Gasteiger partial charge is 0.593 e. The van der Waals surface area contributed by atoms with Crippen LogP contribution in [0.25, 0.3) is 0 Å². The number of furan rings is 1. The standard InChI is InChI=1S/C23H18ClN2O4S.Y/c24-22-13-12-21(31-22)23(27)26(25-16-28-15-20-7-4-14-29-20)17-8-10-19(11-9-17)30-18-5-2-1-3-6-18;/h1-13,25H,15-16H2;/q-1;. The van der Waals surface area contributed by atoms with Crippen LogP contribution >= 0.6 is 22.9 Å². The van der Waals surface area contributed by atoms with Gasteiger partial charge in [-0.15, -0.1) is 17.4 Å². The van der Waals surface area contributed by atoms with E-state index >= 15 is 0 Å². The Morgan fingerprint density at radius 2 is 1.78 bits per heavy atom. The van der Waals surface area contributed by atoms with Crippen molar-refractivity contribution in [3.05, 3.63) is 100 Å². The summed E-state index contributed by atoms with van der Waals surface area (Å²) in [5.41, 5.74) is 3.64. The van der Waals surface area contributed by atoms with Crippen molar-refractivity contribution >= 4 is 34.5 Å². The zero-order valence-electron chi connectivity index (χ0n) is 16.9. The number of nitrogens with zero attached hydrogens (tertiary/aromatic N) is 1. The number of anilines is 1. The van der Waals surface area contributed by atoms with E-state index in [9.17, 15) is 4.79 Å². The third-order valence-electron chi connectivity index (χ3n) is 4.16. The number of halogens is 1. The molecule has 4 aromatic rings. The Morgan fingerprint density at radius 3 is 2.44 bits per heavy atom. The molecule has 9 heteroatoms. The summed E-state index contributed by atoms with van der Waals surface area (Å²) in [5.74, 6) is 1.79. The summed E-state index contributed by atoms with van der Waals surface area (Å²) >= 11 is 7.22. The van der Waals surface area contributed by atoms with E-state index < -0.39 is 0 Å². The number of nitrogens with one attached hydrogen (secondary N) is 1. The molecule has 6 nitrogen and oxygen atoms in total. The molecule has 161 valence electrons. The van der Waals surface area contributed by atoms with Crippen LogP contribution in [0.15, 0.2) is 83.3 Å². The van der Waals surface area contributed by atoms with Crippen LogP contribution in [0.2, 0.25) is 4.34 Å². The molecule has 0 aliphatic rings. The number of ether oxygens (including phenoxy) is 2. The molecule has 2 aromatic heterocycles. The predicted molar refractivity (Wildman–Crippen MR) is 119 cm³/mol. The molecule has 4 rings (SSSR count). The van der Waals surface area contributed by atoms with Gasteiger partial charge in [0.25, 0.3) is 5.91 Å². The number of benzene rings is 2. The number of thiophene rings is 1. The number of para-hydroxylation sites is 1. The zero-order valence-corrected chi connectivity index (χ0v) is 21.3. The van der Waals surface area contributed by atoms with Crippen molar-refractivity contribution in [3.63, 3.8) is 0 Å². The topological polar surface area (TPSA) is 63.9 Å². The Kier molecular flexibility index (Phi) is 9.47. The Bertz CT molecular complexity index is 1100. The smallest absolute Gasteiger partial charge is 0.282 e. The summed E-state index contributed by atoms with van der Waals surface area (Å²) in [6, 6.07) is 23.5. The number of carbonyl (C=O) groups excluding carboxylic acids is 1. The molecule has 0 unspecified atom stereocenters. The molecule has 1 N–H and O–H groups in total. The quantitative estimate of drug-likeness (QED) is 0.123. The summed E-state index contributed by atoms with van der Waals surface area (Å²) in [5, 5.41) is 1.42. The van der Waals surface area contributed by atoms with E-state index in [1.807, 2.05) is 30.3 Å². The van der Waals surface area contributed by atoms with Crippen LogP contribution in [0.1, 0.15) is 15.4 Å². The molecule has 0 atom stereocenters. The van der Waals surface area contributed by atoms with Crippen molar-refractivity contribution in [2.24, 2.45) is 0 Å². The number of rotatable bonds is 9. The number of carbonyl (C=O) groups is 1. The second-order valence-electron chi connectivity index (χ2n) is 6.32. The van der Waals surface area contributed by atoms with E-state index in [1.54, 1.807) is 48.5 Å². The summed E-state index contributed by atoms with van der Waals surface area (Å²) in [4.78, 5) is 13.6. The number of amides is 1. The van der Waals surface area contributed by atoms with Crippen molar-refractivity contribution in [1.82, 2.24) is 5.43 Å². The first-order valence-corrected chi connectivity index (χ1v) is 10.6. The third kappa shape index (κ3) is 6.75. The van der Waals surface area contributed by atoms with Gasteiger partial charge < -0.3 is 13.9 Å². The van der Waals surface area contributed by atoms with E-state index in [0.717, 1.165) is 5.75 Å². The molecule has 2 aromatic carbocycles. The summed E-state index contributed by atoms with van der Waals surface area (Å²) < 4.78 is 17.0. The maximum Gasteiger partial charge on any atom is 0.282 e. The summed E-state index contributed by atoms with van der Waals surface area (Å²) in [7, 11) is 0. The Hall–Kier alpha value is -2.00. The van der Waals surface area contributed by atoms with Crippen molar-refractivity contribution in [3.8, 4) is 11.5 Å². The average molecular weight is 543 g/mol. The van der Waals surface area contributed by atoms with Crippen LogP contribution < -0.4 is 15.2 Å². The van der Waals surface area contributed by atoms with Gasteiger partial charge in [0.15, 0.2) is 0 Å². The number of hydrogen-bond donors (Lipinski definition) is 1. The number of hydrogen-bond acceptors (Lipinski definition) is 6. The molecule has 0 fully saturated rings. The van der Waals surface area contributed by atoms with Gasteiger partial charge in [-0.1, -0.05) is 29.8 Å². The fourth-order valence-electron chi connectivity index (χ4n) is 2.72. The maximum atomic E-state index is 13.1. The van der Waals surface area contributed by atoms with E-state index in [2.05, 4.69) is 11.7 Å². The molecule has 0 spiro atoms. The van der Waals surface area contributed by atoms with Crippen molar-refractivity contribution in [2.45, 2.75) is 6.61 Å². The van der Waals surface area contributed by atoms with Crippen LogP contribution in [-0.4, -0.2) is 12.6 Å². The van der Waals surface area contributed by atoms with Gasteiger partial charge in [-0.3, -0.25) is 4.79 Å². The van der Waals surface area contributed by atoms with Gasteiger partial charge in [0.05, 0.1) is 14.9 Å². The minimum absolute atomic E-state index is 0. The van der Waals surface area contributed by atoms with Gasteiger partial charge in [0, 0.05) is 39.3 Å². The molecule has 0 aliphatic heterocycles. The van der Waals surface area contributed by atoms with Crippen molar-refractivity contribution in [1.29, 1.82) is 0 Å². The first-order chi connectivity index (χ1) is 15.2. The van der Waals surface area contributed by atoms with E-state index in [-0.39, 0.29) is 52.0 Å². The first-order valence-electron chi connectivity index (χ1n) is 9.38. The minimum Gasteiger partial charge on any atom is -0.593 e. The molecule has 0 bridgehead atoms. The van der Waals surface area contributed by atoms with Gasteiger partial charge in [0.1, 0.15) is 18.2 Å². The van der Waals surface area contributed by atoms with Crippen molar-refractivity contribution < 1.29 is 51.4 Å². The van der Waals surface area contributed by atoms with Gasteiger partial charge in [-0.2, -0.15) is 6.07 Å². The second kappa shape index (κ2) is 12.3. The van der Waals surface area contributed by atoms with Gasteiger partial charge >= 0.3 is 0 Å². The van der Waals surface area contributed by atoms with Crippen LogP contribution in [0, 0.1) is 6.26 Å². The molecular formula is C23H18ClN2O4SY-. The Morgan fingerprint density at radius 1 is 1.03 bits per heavy atom. The van der Waals surface area contributed by atoms with Gasteiger partial charge in [0.2, 0.25) is 0 Å². The number of hydrazine groups is 1. The van der Waals surface area contributed by atoms with Crippen LogP contribution in [0.4, 0.5) is 5.69 Å². The zero-order chi connectivity index (χ0) is 21.5. The van der Waals surface area contributed by atoms with Crippen LogP contribution in [-0.2, 0) is 44.1 Å². The molecule has 1 radical (unpaired) electrons. The fourth-order valence-corrected chi connectivity index (χ4v) is 3.69. The molecular weight excluding hydrogens is 525 g/mol. The van der Waals surface area contributed by atoms with Crippen molar-refractivity contribution in [2.75, 3.05) is 11.7 Å². The molecule has 0 saturated carbocycles. The normalized spacial score (nSPS) is 10.4. The predicted octanol–water partition coefficient (Wildman–Crippen LogP) is 5.91. The molecule has 0 saturated heterocycles. The molecule has 1 amide bonds. The fraction of sp³-hybridized carbons (Fsp3) is 0.0870. The third-order valence-corrected chi connectivity index (χ3v) is 5.38. The minimum atomic E-state index is -0.247. The van der Waals surface area contributed by atoms with Gasteiger partial charge in [-0.25, -0.2) is 10.4 Å². The summed E-state index contributed by atoms with van der Waals surface area (Å²) in [6.07, 6.45) is 2.61. The molecule has 2 heterocycles. The van der Waals surface area contributed by atoms with E-state index in [1.165, 1.54) is 16.3 Å². The Balaban J connectivity index is 0.00000289. The SMILES string of the molecule is O=C(c1ccc(Cl)s1)N(NCOCc1cc[c-]o1)c1ccc(Oc2ccccc2)cc1.[Y]. The second-order valence-corrected chi connectivity index (χ2v) is 8.04. The van der Waals surface area contributed by atoms with E-state index in [4.69, 9.17) is 25.5 Å². The first kappa shape index (κ1) is 24.6. The molecule has 32 heavy (non-hydrogen) atoms. The van der Waals surface area contributed by atoms with E-state index in [0.29, 0.717) is 26.4 Å². The maximum absolute atomic E-state index is 13.1. The molecule has 0 aliphatic carbocycles. The van der Waals surface area contributed by atoms with Crippen LogP contribution in [0.5, 0.6) is 11.5 Å². The summed E-state index contributed by atoms with van der Waals surface area (Å²) in [6.45, 7) is 0.348. The van der Waals surface area contributed by atoms with Gasteiger partial charge in [-0.05, 0) is 60.6 Å². The van der Waals surface area contributed by atoms with Crippen LogP contribution in [0.3, 0.4) is 0 Å². The Labute approximate surface area is 219 Å². The average Bonchev–Trinajstić information content (AvgIpc) is 3.47.